The fourth-order valence-corrected chi connectivity index (χ4v) is 2.78. The number of nitrogens with zero attached hydrogens (tertiary/aromatic N) is 4. The molecule has 1 aliphatic rings. The van der Waals surface area contributed by atoms with Gasteiger partial charge in [-0.3, -0.25) is 9.30 Å². The summed E-state index contributed by atoms with van der Waals surface area (Å²) in [5, 5.41) is 8.50. The predicted molar refractivity (Wildman–Crippen MR) is 73.5 cm³/mol. The van der Waals surface area contributed by atoms with Crippen LogP contribution in [0.2, 0.25) is 0 Å². The molecule has 3 rings (SSSR count). The summed E-state index contributed by atoms with van der Waals surface area (Å²) < 4.78 is 6.67. The molecule has 0 aromatic carbocycles. The molecular formula is C14H18N4O2. The Hall–Kier alpha value is -1.95. The van der Waals surface area contributed by atoms with Gasteiger partial charge in [-0.1, -0.05) is 6.42 Å². The van der Waals surface area contributed by atoms with Crippen molar-refractivity contribution in [3.05, 3.63) is 29.7 Å². The molecule has 1 atom stereocenters. The highest BCUT2D eigenvalue weighted by Gasteiger charge is 2.25. The number of carbonyl (C=O) groups excluding carboxylic acids is 1. The van der Waals surface area contributed by atoms with Crippen molar-refractivity contribution in [1.82, 2.24) is 19.5 Å². The minimum absolute atomic E-state index is 0.256. The van der Waals surface area contributed by atoms with Crippen LogP contribution in [-0.2, 0) is 4.74 Å². The maximum Gasteiger partial charge on any atom is 0.339 e. The Balaban J connectivity index is 2.04. The molecule has 3 heterocycles. The molecule has 0 bridgehead atoms. The Morgan fingerprint density at radius 2 is 2.20 bits per heavy atom. The van der Waals surface area contributed by atoms with Gasteiger partial charge in [0, 0.05) is 6.20 Å². The SMILES string of the molecule is COC(=O)c1ccc2nnc(C3CCCCN3C)n2c1. The lowest BCUT2D eigenvalue weighted by Crippen LogP contribution is -2.31. The molecule has 0 spiro atoms. The summed E-state index contributed by atoms with van der Waals surface area (Å²) in [6.45, 7) is 1.07. The number of ether oxygens (including phenoxy) is 1. The Kier molecular flexibility index (Phi) is 3.40. The van der Waals surface area contributed by atoms with Gasteiger partial charge in [-0.2, -0.15) is 0 Å². The maximum absolute atomic E-state index is 11.6. The number of aromatic nitrogens is 3. The van der Waals surface area contributed by atoms with Gasteiger partial charge in [0.25, 0.3) is 0 Å². The van der Waals surface area contributed by atoms with Crippen LogP contribution in [0.4, 0.5) is 0 Å². The summed E-state index contributed by atoms with van der Waals surface area (Å²) in [4.78, 5) is 13.9. The van der Waals surface area contributed by atoms with Gasteiger partial charge < -0.3 is 4.74 Å². The van der Waals surface area contributed by atoms with E-state index >= 15 is 0 Å². The van der Waals surface area contributed by atoms with Gasteiger partial charge >= 0.3 is 5.97 Å². The van der Waals surface area contributed by atoms with Crippen molar-refractivity contribution < 1.29 is 9.53 Å². The van der Waals surface area contributed by atoms with E-state index in [2.05, 4.69) is 22.1 Å². The van der Waals surface area contributed by atoms with E-state index in [0.717, 1.165) is 24.4 Å². The van der Waals surface area contributed by atoms with E-state index in [4.69, 9.17) is 4.74 Å². The molecule has 1 aliphatic heterocycles. The molecular weight excluding hydrogens is 256 g/mol. The second-order valence-electron chi connectivity index (χ2n) is 5.19. The number of hydrogen-bond donors (Lipinski definition) is 0. The lowest BCUT2D eigenvalue weighted by atomic mass is 10.0. The van der Waals surface area contributed by atoms with Crippen molar-refractivity contribution in [3.8, 4) is 0 Å². The number of piperidine rings is 1. The number of rotatable bonds is 2. The van der Waals surface area contributed by atoms with Crippen molar-refractivity contribution in [1.29, 1.82) is 0 Å². The third-order valence-corrected chi connectivity index (χ3v) is 3.92. The monoisotopic (exact) mass is 274 g/mol. The van der Waals surface area contributed by atoms with Gasteiger partial charge in [-0.15, -0.1) is 10.2 Å². The summed E-state index contributed by atoms with van der Waals surface area (Å²) >= 11 is 0. The first-order valence-electron chi connectivity index (χ1n) is 6.84. The van der Waals surface area contributed by atoms with Crippen molar-refractivity contribution in [2.24, 2.45) is 0 Å². The summed E-state index contributed by atoms with van der Waals surface area (Å²) in [5.74, 6) is 0.552. The van der Waals surface area contributed by atoms with E-state index in [-0.39, 0.29) is 12.0 Å². The first-order valence-corrected chi connectivity index (χ1v) is 6.84. The van der Waals surface area contributed by atoms with E-state index in [1.807, 2.05) is 4.40 Å². The molecule has 1 unspecified atom stereocenters. The van der Waals surface area contributed by atoms with E-state index < -0.39 is 0 Å². The van der Waals surface area contributed by atoms with Crippen LogP contribution in [0.1, 0.15) is 41.5 Å². The van der Waals surface area contributed by atoms with Gasteiger partial charge in [0.1, 0.15) is 0 Å². The van der Waals surface area contributed by atoms with E-state index in [9.17, 15) is 4.79 Å². The second kappa shape index (κ2) is 5.20. The van der Waals surface area contributed by atoms with Crippen molar-refractivity contribution in [3.63, 3.8) is 0 Å². The molecule has 0 amide bonds. The summed E-state index contributed by atoms with van der Waals surface area (Å²) in [6.07, 6.45) is 5.25. The average Bonchev–Trinajstić information content (AvgIpc) is 2.90. The summed E-state index contributed by atoms with van der Waals surface area (Å²) in [5.41, 5.74) is 1.27. The topological polar surface area (TPSA) is 59.7 Å². The standard InChI is InChI=1S/C14H18N4O2/c1-17-8-4-3-5-11(17)13-16-15-12-7-6-10(9-18(12)13)14(19)20-2/h6-7,9,11H,3-5,8H2,1-2H3. The third-order valence-electron chi connectivity index (χ3n) is 3.92. The van der Waals surface area contributed by atoms with Crippen LogP contribution in [-0.4, -0.2) is 46.2 Å². The van der Waals surface area contributed by atoms with Crippen molar-refractivity contribution >= 4 is 11.6 Å². The van der Waals surface area contributed by atoms with Crippen LogP contribution in [0.25, 0.3) is 5.65 Å². The number of carbonyl (C=O) groups is 1. The minimum Gasteiger partial charge on any atom is -0.465 e. The maximum atomic E-state index is 11.6. The summed E-state index contributed by atoms with van der Waals surface area (Å²) in [6, 6.07) is 3.77. The second-order valence-corrected chi connectivity index (χ2v) is 5.19. The van der Waals surface area contributed by atoms with Gasteiger partial charge in [0.2, 0.25) is 0 Å². The number of fused-ring (bicyclic) bond motifs is 1. The summed E-state index contributed by atoms with van der Waals surface area (Å²) in [7, 11) is 3.49. The highest BCUT2D eigenvalue weighted by atomic mass is 16.5. The Morgan fingerprint density at radius 1 is 1.35 bits per heavy atom. The molecule has 20 heavy (non-hydrogen) atoms. The fraction of sp³-hybridized carbons (Fsp3) is 0.500. The number of pyridine rings is 1. The number of methoxy groups -OCH3 is 1. The molecule has 0 saturated carbocycles. The Labute approximate surface area is 117 Å². The fourth-order valence-electron chi connectivity index (χ4n) is 2.78. The van der Waals surface area contributed by atoms with Gasteiger partial charge in [-0.05, 0) is 38.6 Å². The molecule has 2 aromatic heterocycles. The lowest BCUT2D eigenvalue weighted by Gasteiger charge is -2.31. The van der Waals surface area contributed by atoms with Crippen LogP contribution >= 0.6 is 0 Å². The average molecular weight is 274 g/mol. The van der Waals surface area contributed by atoms with Crippen LogP contribution in [0.15, 0.2) is 18.3 Å². The van der Waals surface area contributed by atoms with Crippen LogP contribution in [0, 0.1) is 0 Å². The Bertz CT molecular complexity index is 637. The predicted octanol–water partition coefficient (Wildman–Crippen LogP) is 1.67. The molecule has 2 aromatic rings. The molecule has 0 aliphatic carbocycles. The smallest absolute Gasteiger partial charge is 0.339 e. The largest absolute Gasteiger partial charge is 0.465 e. The van der Waals surface area contributed by atoms with E-state index in [1.165, 1.54) is 20.0 Å². The van der Waals surface area contributed by atoms with Gasteiger partial charge in [-0.25, -0.2) is 4.79 Å². The van der Waals surface area contributed by atoms with E-state index in [1.54, 1.807) is 18.3 Å². The van der Waals surface area contributed by atoms with Crippen LogP contribution in [0.5, 0.6) is 0 Å². The van der Waals surface area contributed by atoms with E-state index in [0.29, 0.717) is 5.56 Å². The molecule has 0 radical (unpaired) electrons. The highest BCUT2D eigenvalue weighted by molar-refractivity contribution is 5.89. The zero-order chi connectivity index (χ0) is 14.1. The zero-order valence-corrected chi connectivity index (χ0v) is 11.7. The number of esters is 1. The van der Waals surface area contributed by atoms with Crippen LogP contribution < -0.4 is 0 Å². The quantitative estimate of drug-likeness (QED) is 0.780. The molecule has 6 nitrogen and oxygen atoms in total. The van der Waals surface area contributed by atoms with Crippen molar-refractivity contribution in [2.75, 3.05) is 20.7 Å². The normalized spacial score (nSPS) is 20.2. The first kappa shape index (κ1) is 13.1. The molecule has 6 heteroatoms. The zero-order valence-electron chi connectivity index (χ0n) is 11.7. The van der Waals surface area contributed by atoms with Gasteiger partial charge in [0.05, 0.1) is 18.7 Å². The minimum atomic E-state index is -0.344. The van der Waals surface area contributed by atoms with Crippen LogP contribution in [0.3, 0.4) is 0 Å². The lowest BCUT2D eigenvalue weighted by molar-refractivity contribution is 0.0600. The molecule has 1 fully saturated rings. The first-order chi connectivity index (χ1) is 9.70. The molecule has 106 valence electrons. The Morgan fingerprint density at radius 3 is 2.95 bits per heavy atom. The number of hydrogen-bond acceptors (Lipinski definition) is 5. The molecule has 0 N–H and O–H groups in total. The highest BCUT2D eigenvalue weighted by Crippen LogP contribution is 2.28. The van der Waals surface area contributed by atoms with Gasteiger partial charge in [0.15, 0.2) is 11.5 Å². The van der Waals surface area contributed by atoms with Crippen molar-refractivity contribution in [2.45, 2.75) is 25.3 Å². The third kappa shape index (κ3) is 2.16. The number of likely N-dealkylation sites (tertiary alicyclic amines) is 1. The molecule has 1 saturated heterocycles.